The molecule has 2 N–H and O–H groups in total. The van der Waals surface area contributed by atoms with Crippen LogP contribution in [0.4, 0.5) is 0 Å². The first kappa shape index (κ1) is 11.4. The predicted molar refractivity (Wildman–Crippen MR) is 61.9 cm³/mol. The van der Waals surface area contributed by atoms with Crippen molar-refractivity contribution in [3.63, 3.8) is 0 Å². The van der Waals surface area contributed by atoms with Crippen LogP contribution in [0, 0.1) is 5.92 Å². The van der Waals surface area contributed by atoms with Crippen LogP contribution in [-0.2, 0) is 0 Å². The van der Waals surface area contributed by atoms with Crippen molar-refractivity contribution in [1.82, 2.24) is 10.2 Å². The van der Waals surface area contributed by atoms with E-state index in [9.17, 15) is 0 Å². The summed E-state index contributed by atoms with van der Waals surface area (Å²) < 4.78 is 0. The predicted octanol–water partition coefficient (Wildman–Crippen LogP) is 0.833. The van der Waals surface area contributed by atoms with Crippen LogP contribution in [0.25, 0.3) is 0 Å². The fourth-order valence-corrected chi connectivity index (χ4v) is 2.99. The molecule has 1 aliphatic heterocycles. The lowest BCUT2D eigenvalue weighted by molar-refractivity contribution is 0.263. The van der Waals surface area contributed by atoms with Crippen molar-refractivity contribution in [2.75, 3.05) is 32.8 Å². The Bertz CT molecular complexity index is 180. The molecular weight excluding hydrogens is 188 g/mol. The Morgan fingerprint density at radius 2 is 2.00 bits per heavy atom. The molecular formula is C12H24N2O. The van der Waals surface area contributed by atoms with Crippen LogP contribution < -0.4 is 5.32 Å². The Balaban J connectivity index is 1.63. The lowest BCUT2D eigenvalue weighted by Crippen LogP contribution is -2.35. The zero-order chi connectivity index (χ0) is 10.5. The molecule has 0 aromatic carbocycles. The number of aliphatic hydroxyl groups is 1. The molecule has 0 aromatic heterocycles. The van der Waals surface area contributed by atoms with E-state index in [-0.39, 0.29) is 6.61 Å². The molecule has 1 atom stereocenters. The number of likely N-dealkylation sites (tertiary alicyclic amines) is 1. The average molecular weight is 212 g/mol. The van der Waals surface area contributed by atoms with Gasteiger partial charge in [0.05, 0.1) is 6.61 Å². The first-order chi connectivity index (χ1) is 7.38. The topological polar surface area (TPSA) is 35.5 Å². The molecule has 15 heavy (non-hydrogen) atoms. The first-order valence-corrected chi connectivity index (χ1v) is 6.45. The summed E-state index contributed by atoms with van der Waals surface area (Å²) in [5, 5.41) is 12.1. The lowest BCUT2D eigenvalue weighted by Gasteiger charge is -2.20. The number of rotatable bonds is 5. The highest BCUT2D eigenvalue weighted by atomic mass is 16.3. The molecule has 3 heteroatoms. The Morgan fingerprint density at radius 1 is 1.20 bits per heavy atom. The molecule has 0 bridgehead atoms. The van der Waals surface area contributed by atoms with Gasteiger partial charge < -0.3 is 15.3 Å². The van der Waals surface area contributed by atoms with E-state index in [0.717, 1.165) is 12.5 Å². The average Bonchev–Trinajstić information content (AvgIpc) is 2.87. The number of hydrogen-bond acceptors (Lipinski definition) is 3. The van der Waals surface area contributed by atoms with Crippen LogP contribution in [0.5, 0.6) is 0 Å². The monoisotopic (exact) mass is 212 g/mol. The Morgan fingerprint density at radius 3 is 2.73 bits per heavy atom. The van der Waals surface area contributed by atoms with E-state index in [4.69, 9.17) is 5.11 Å². The minimum atomic E-state index is 0.263. The van der Waals surface area contributed by atoms with Crippen LogP contribution in [0.15, 0.2) is 0 Å². The van der Waals surface area contributed by atoms with Gasteiger partial charge in [0.1, 0.15) is 0 Å². The molecule has 0 radical (unpaired) electrons. The molecule has 1 saturated heterocycles. The Hall–Kier alpha value is -0.120. The molecule has 2 fully saturated rings. The van der Waals surface area contributed by atoms with Crippen molar-refractivity contribution >= 4 is 0 Å². The van der Waals surface area contributed by atoms with E-state index in [1.165, 1.54) is 51.7 Å². The quantitative estimate of drug-likeness (QED) is 0.708. The van der Waals surface area contributed by atoms with Crippen molar-refractivity contribution in [2.45, 2.75) is 38.1 Å². The summed E-state index contributed by atoms with van der Waals surface area (Å²) in [4.78, 5) is 2.60. The molecule has 3 nitrogen and oxygen atoms in total. The van der Waals surface area contributed by atoms with Crippen molar-refractivity contribution in [3.05, 3.63) is 0 Å². The standard InChI is InChI=1S/C12H24N2O/c15-8-6-13-12-5-7-14(10-12)9-11-3-1-2-4-11/h11-13,15H,1-10H2. The fourth-order valence-electron chi connectivity index (χ4n) is 2.99. The van der Waals surface area contributed by atoms with Gasteiger partial charge in [0.15, 0.2) is 0 Å². The van der Waals surface area contributed by atoms with Gasteiger partial charge in [-0.3, -0.25) is 0 Å². The lowest BCUT2D eigenvalue weighted by atomic mass is 10.1. The van der Waals surface area contributed by atoms with Crippen molar-refractivity contribution in [1.29, 1.82) is 0 Å². The molecule has 0 spiro atoms. The van der Waals surface area contributed by atoms with E-state index in [0.29, 0.717) is 6.04 Å². The summed E-state index contributed by atoms with van der Waals surface area (Å²) in [6.07, 6.45) is 7.05. The maximum atomic E-state index is 8.75. The summed E-state index contributed by atoms with van der Waals surface area (Å²) >= 11 is 0. The minimum Gasteiger partial charge on any atom is -0.395 e. The van der Waals surface area contributed by atoms with Gasteiger partial charge in [-0.15, -0.1) is 0 Å². The van der Waals surface area contributed by atoms with E-state index in [1.807, 2.05) is 0 Å². The van der Waals surface area contributed by atoms with E-state index >= 15 is 0 Å². The smallest absolute Gasteiger partial charge is 0.0556 e. The van der Waals surface area contributed by atoms with E-state index in [2.05, 4.69) is 10.2 Å². The van der Waals surface area contributed by atoms with E-state index < -0.39 is 0 Å². The summed E-state index contributed by atoms with van der Waals surface area (Å²) in [7, 11) is 0. The normalized spacial score (nSPS) is 29.0. The molecule has 0 amide bonds. The molecule has 2 rings (SSSR count). The largest absolute Gasteiger partial charge is 0.395 e. The third-order valence-electron chi connectivity index (χ3n) is 3.81. The zero-order valence-corrected chi connectivity index (χ0v) is 9.62. The molecule has 0 aromatic rings. The highest BCUT2D eigenvalue weighted by Crippen LogP contribution is 2.26. The van der Waals surface area contributed by atoms with Crippen molar-refractivity contribution in [3.8, 4) is 0 Å². The highest BCUT2D eigenvalue weighted by molar-refractivity contribution is 4.83. The first-order valence-electron chi connectivity index (χ1n) is 6.45. The van der Waals surface area contributed by atoms with Crippen LogP contribution in [0.2, 0.25) is 0 Å². The molecule has 1 aliphatic carbocycles. The molecule has 2 aliphatic rings. The van der Waals surface area contributed by atoms with Gasteiger partial charge >= 0.3 is 0 Å². The van der Waals surface area contributed by atoms with E-state index in [1.54, 1.807) is 0 Å². The summed E-state index contributed by atoms with van der Waals surface area (Å²) in [6, 6.07) is 0.624. The Labute approximate surface area is 92.8 Å². The summed E-state index contributed by atoms with van der Waals surface area (Å²) in [6.45, 7) is 4.77. The van der Waals surface area contributed by atoms with Gasteiger partial charge in [-0.1, -0.05) is 12.8 Å². The maximum absolute atomic E-state index is 8.75. The van der Waals surface area contributed by atoms with Gasteiger partial charge in [-0.2, -0.15) is 0 Å². The van der Waals surface area contributed by atoms with Crippen LogP contribution in [-0.4, -0.2) is 48.8 Å². The SMILES string of the molecule is OCCNC1CCN(CC2CCCC2)C1. The van der Waals surface area contributed by atoms with Gasteiger partial charge in [0, 0.05) is 25.7 Å². The van der Waals surface area contributed by atoms with Crippen LogP contribution in [0.3, 0.4) is 0 Å². The third kappa shape index (κ3) is 3.44. The zero-order valence-electron chi connectivity index (χ0n) is 9.62. The second kappa shape index (κ2) is 5.83. The highest BCUT2D eigenvalue weighted by Gasteiger charge is 2.25. The van der Waals surface area contributed by atoms with Gasteiger partial charge in [0.25, 0.3) is 0 Å². The molecule has 1 saturated carbocycles. The molecule has 88 valence electrons. The van der Waals surface area contributed by atoms with Crippen LogP contribution in [0.1, 0.15) is 32.1 Å². The maximum Gasteiger partial charge on any atom is 0.0556 e. The summed E-state index contributed by atoms with van der Waals surface area (Å²) in [5.74, 6) is 0.974. The minimum absolute atomic E-state index is 0.263. The second-order valence-electron chi connectivity index (χ2n) is 5.07. The number of aliphatic hydroxyl groups excluding tert-OH is 1. The van der Waals surface area contributed by atoms with Gasteiger partial charge in [0.2, 0.25) is 0 Å². The third-order valence-corrected chi connectivity index (χ3v) is 3.81. The van der Waals surface area contributed by atoms with Gasteiger partial charge in [-0.05, 0) is 31.7 Å². The van der Waals surface area contributed by atoms with Crippen molar-refractivity contribution < 1.29 is 5.11 Å². The Kier molecular flexibility index (Phi) is 4.42. The molecule has 1 heterocycles. The number of hydrogen-bond donors (Lipinski definition) is 2. The molecule has 1 unspecified atom stereocenters. The second-order valence-corrected chi connectivity index (χ2v) is 5.07. The van der Waals surface area contributed by atoms with Crippen LogP contribution >= 0.6 is 0 Å². The summed E-state index contributed by atoms with van der Waals surface area (Å²) in [5.41, 5.74) is 0. The van der Waals surface area contributed by atoms with Crippen molar-refractivity contribution in [2.24, 2.45) is 5.92 Å². The number of nitrogens with one attached hydrogen (secondary N) is 1. The van der Waals surface area contributed by atoms with Gasteiger partial charge in [-0.25, -0.2) is 0 Å². The number of nitrogens with zero attached hydrogens (tertiary/aromatic N) is 1. The fraction of sp³-hybridized carbons (Fsp3) is 1.00.